The number of dihydropyridines is 1. The van der Waals surface area contributed by atoms with Crippen molar-refractivity contribution in [3.05, 3.63) is 124 Å². The first-order valence-corrected chi connectivity index (χ1v) is 14.5. The first-order valence-electron chi connectivity index (χ1n) is 14.5. The zero-order valence-electron chi connectivity index (χ0n) is 25.1. The quantitative estimate of drug-likeness (QED) is 0.189. The highest BCUT2D eigenvalue weighted by Gasteiger charge is 2.38. The number of para-hydroxylation sites is 1. The van der Waals surface area contributed by atoms with Crippen molar-refractivity contribution in [2.45, 2.75) is 52.6 Å². The summed E-state index contributed by atoms with van der Waals surface area (Å²) in [5.74, 6) is -0.675. The molecule has 3 aromatic rings. The van der Waals surface area contributed by atoms with Crippen LogP contribution >= 0.6 is 0 Å². The van der Waals surface area contributed by atoms with Crippen LogP contribution in [0.25, 0.3) is 0 Å². The Morgan fingerprint density at radius 2 is 1.43 bits per heavy atom. The number of hydrogen-bond acceptors (Lipinski definition) is 6. The predicted molar refractivity (Wildman–Crippen MR) is 168 cm³/mol. The van der Waals surface area contributed by atoms with Gasteiger partial charge in [-0.2, -0.15) is 0 Å². The van der Waals surface area contributed by atoms with Crippen LogP contribution in [0.1, 0.15) is 56.2 Å². The largest absolute Gasteiger partial charge is 0.489 e. The highest BCUT2D eigenvalue weighted by atomic mass is 16.5. The highest BCUT2D eigenvalue weighted by Crippen LogP contribution is 2.42. The Hall–Kier alpha value is -4.36. The van der Waals surface area contributed by atoms with Crippen molar-refractivity contribution in [2.75, 3.05) is 20.2 Å². The minimum absolute atomic E-state index is 0.211. The summed E-state index contributed by atoms with van der Waals surface area (Å²) >= 11 is 0. The van der Waals surface area contributed by atoms with E-state index in [1.54, 1.807) is 0 Å². The fraction of sp³-hybridized carbons (Fsp3) is 0.314. The van der Waals surface area contributed by atoms with Crippen LogP contribution in [0.15, 0.2) is 107 Å². The topological polar surface area (TPSA) is 103 Å². The Balaban J connectivity index is 0.00000237. The Bertz CT molecular complexity index is 1370. The molecule has 4 N–H and O–H groups in total. The summed E-state index contributed by atoms with van der Waals surface area (Å²) in [7, 11) is 1.50. The summed E-state index contributed by atoms with van der Waals surface area (Å²) < 4.78 is 12.1. The van der Waals surface area contributed by atoms with Crippen LogP contribution in [0.5, 0.6) is 5.75 Å². The molecule has 1 amide bonds. The lowest BCUT2D eigenvalue weighted by Gasteiger charge is -2.32. The Morgan fingerprint density at radius 1 is 0.833 bits per heavy atom. The average Bonchev–Trinajstić information content (AvgIpc) is 3.02. The average molecular weight is 570 g/mol. The molecule has 1 aliphatic heterocycles. The molecule has 1 heterocycles. The van der Waals surface area contributed by atoms with Gasteiger partial charge in [-0.05, 0) is 57.4 Å². The van der Waals surface area contributed by atoms with Crippen LogP contribution in [0.4, 0.5) is 0 Å². The monoisotopic (exact) mass is 569 g/mol. The minimum Gasteiger partial charge on any atom is -0.489 e. The first kappa shape index (κ1) is 32.2. The smallest absolute Gasteiger partial charge is 0.336 e. The Morgan fingerprint density at radius 3 is 2.10 bits per heavy atom. The number of hydrogen-bond donors (Lipinski definition) is 3. The van der Waals surface area contributed by atoms with Gasteiger partial charge in [0.05, 0.1) is 18.1 Å². The van der Waals surface area contributed by atoms with Gasteiger partial charge in [-0.3, -0.25) is 4.79 Å². The molecule has 0 fully saturated rings. The molecule has 0 radical (unpaired) electrons. The molecule has 3 aromatic carbocycles. The Kier molecular flexibility index (Phi) is 12.9. The van der Waals surface area contributed by atoms with Gasteiger partial charge in [0, 0.05) is 29.1 Å². The standard InChI is InChI=1S/C34H38N2O4.CH5N/c1-4-21-35-33(37)30-24(2)36-25(3)31(34(38)39-22-13-18-26-14-7-5-8-15-26)32(30)28-19-11-12-20-29(28)40-23-27-16-9-6-10-17-27;1-2/h5-12,14-17,19-20,32,36H,4,13,18,21-23H2,1-3H3,(H,35,37);2H2,1H3. The Labute approximate surface area is 249 Å². The van der Waals surface area contributed by atoms with Crippen molar-refractivity contribution in [1.29, 1.82) is 0 Å². The van der Waals surface area contributed by atoms with E-state index in [0.29, 0.717) is 47.9 Å². The molecular weight excluding hydrogens is 526 g/mol. The molecule has 42 heavy (non-hydrogen) atoms. The number of aryl methyl sites for hydroxylation is 1. The van der Waals surface area contributed by atoms with E-state index in [9.17, 15) is 9.59 Å². The SMILES string of the molecule is CCCNC(=O)C1=C(C)NC(C)=C(C(=O)OCCCc2ccccc2)C1c1ccccc1OCc1ccccc1.CN. The molecular formula is C35H43N3O4. The van der Waals surface area contributed by atoms with Gasteiger partial charge < -0.3 is 25.8 Å². The third-order valence-corrected chi connectivity index (χ3v) is 6.91. The predicted octanol–water partition coefficient (Wildman–Crippen LogP) is 5.78. The van der Waals surface area contributed by atoms with Crippen LogP contribution in [-0.2, 0) is 27.4 Å². The van der Waals surface area contributed by atoms with Crippen molar-refractivity contribution in [3.8, 4) is 5.75 Å². The fourth-order valence-corrected chi connectivity index (χ4v) is 4.96. The maximum absolute atomic E-state index is 13.7. The van der Waals surface area contributed by atoms with Gasteiger partial charge >= 0.3 is 5.97 Å². The van der Waals surface area contributed by atoms with E-state index in [1.807, 2.05) is 93.6 Å². The molecule has 7 nitrogen and oxygen atoms in total. The summed E-state index contributed by atoms with van der Waals surface area (Å²) in [5, 5.41) is 6.27. The molecule has 222 valence electrons. The molecule has 0 aromatic heterocycles. The normalized spacial score (nSPS) is 14.4. The number of esters is 1. The summed E-state index contributed by atoms with van der Waals surface area (Å²) in [6, 6.07) is 27.7. The van der Waals surface area contributed by atoms with Crippen LogP contribution in [-0.4, -0.2) is 32.1 Å². The molecule has 1 atom stereocenters. The van der Waals surface area contributed by atoms with Gasteiger partial charge in [0.15, 0.2) is 0 Å². The van der Waals surface area contributed by atoms with E-state index in [-0.39, 0.29) is 12.5 Å². The molecule has 0 bridgehead atoms. The molecule has 7 heteroatoms. The number of carbonyl (C=O) groups excluding carboxylic acids is 2. The highest BCUT2D eigenvalue weighted by molar-refractivity contribution is 6.02. The molecule has 1 aliphatic rings. The van der Waals surface area contributed by atoms with Crippen molar-refractivity contribution >= 4 is 11.9 Å². The summed E-state index contributed by atoms with van der Waals surface area (Å²) in [5.41, 5.74) is 9.75. The zero-order valence-corrected chi connectivity index (χ0v) is 25.1. The second-order valence-electron chi connectivity index (χ2n) is 9.93. The molecule has 4 rings (SSSR count). The number of amides is 1. The van der Waals surface area contributed by atoms with E-state index >= 15 is 0 Å². The molecule has 0 saturated heterocycles. The summed E-state index contributed by atoms with van der Waals surface area (Å²) in [4.78, 5) is 27.2. The fourth-order valence-electron chi connectivity index (χ4n) is 4.96. The van der Waals surface area contributed by atoms with E-state index in [0.717, 1.165) is 24.0 Å². The number of carbonyl (C=O) groups is 2. The lowest BCUT2D eigenvalue weighted by Crippen LogP contribution is -2.37. The lowest BCUT2D eigenvalue weighted by molar-refractivity contribution is -0.139. The van der Waals surface area contributed by atoms with Gasteiger partial charge in [0.2, 0.25) is 5.91 Å². The second kappa shape index (κ2) is 16.8. The molecule has 0 saturated carbocycles. The second-order valence-corrected chi connectivity index (χ2v) is 9.93. The molecule has 0 spiro atoms. The van der Waals surface area contributed by atoms with Crippen LogP contribution in [0.2, 0.25) is 0 Å². The summed E-state index contributed by atoms with van der Waals surface area (Å²) in [6.07, 6.45) is 2.32. The van der Waals surface area contributed by atoms with E-state index in [4.69, 9.17) is 9.47 Å². The third-order valence-electron chi connectivity index (χ3n) is 6.91. The van der Waals surface area contributed by atoms with Gasteiger partial charge in [-0.15, -0.1) is 0 Å². The maximum Gasteiger partial charge on any atom is 0.336 e. The van der Waals surface area contributed by atoms with Crippen LogP contribution < -0.4 is 21.1 Å². The van der Waals surface area contributed by atoms with Crippen molar-refractivity contribution in [2.24, 2.45) is 5.73 Å². The van der Waals surface area contributed by atoms with Gasteiger partial charge in [-0.1, -0.05) is 85.8 Å². The summed E-state index contributed by atoms with van der Waals surface area (Å²) in [6.45, 7) is 6.91. The van der Waals surface area contributed by atoms with E-state index < -0.39 is 11.9 Å². The number of rotatable bonds is 12. The third kappa shape index (κ3) is 8.57. The van der Waals surface area contributed by atoms with E-state index in [2.05, 4.69) is 28.5 Å². The maximum atomic E-state index is 13.7. The number of benzene rings is 3. The molecule has 0 aliphatic carbocycles. The number of nitrogens with one attached hydrogen (secondary N) is 2. The number of ether oxygens (including phenoxy) is 2. The first-order chi connectivity index (χ1) is 20.5. The van der Waals surface area contributed by atoms with Crippen LogP contribution in [0, 0.1) is 0 Å². The van der Waals surface area contributed by atoms with Crippen molar-refractivity contribution < 1.29 is 19.1 Å². The van der Waals surface area contributed by atoms with Gasteiger partial charge in [0.1, 0.15) is 12.4 Å². The number of allylic oxidation sites excluding steroid dienone is 2. The van der Waals surface area contributed by atoms with Crippen molar-refractivity contribution in [3.63, 3.8) is 0 Å². The molecule has 1 unspecified atom stereocenters. The van der Waals surface area contributed by atoms with Crippen molar-refractivity contribution in [1.82, 2.24) is 10.6 Å². The van der Waals surface area contributed by atoms with Crippen LogP contribution in [0.3, 0.4) is 0 Å². The van der Waals surface area contributed by atoms with Gasteiger partial charge in [-0.25, -0.2) is 4.79 Å². The zero-order chi connectivity index (χ0) is 30.3. The lowest BCUT2D eigenvalue weighted by atomic mass is 9.79. The minimum atomic E-state index is -0.647. The van der Waals surface area contributed by atoms with Gasteiger partial charge in [0.25, 0.3) is 0 Å². The van der Waals surface area contributed by atoms with E-state index in [1.165, 1.54) is 12.6 Å². The number of nitrogens with two attached hydrogens (primary N) is 1.